The van der Waals surface area contributed by atoms with E-state index in [1.54, 1.807) is 24.4 Å². The summed E-state index contributed by atoms with van der Waals surface area (Å²) in [4.78, 5) is 34.1. The zero-order chi connectivity index (χ0) is 19.8. The summed E-state index contributed by atoms with van der Waals surface area (Å²) in [6.07, 6.45) is 11.9. The molecule has 29 heavy (non-hydrogen) atoms. The Labute approximate surface area is 168 Å². The molecule has 2 atom stereocenters. The lowest BCUT2D eigenvalue weighted by atomic mass is 9.99. The van der Waals surface area contributed by atoms with Crippen molar-refractivity contribution >= 4 is 29.3 Å². The molecule has 2 aromatic rings. The number of aromatic nitrogens is 2. The monoisotopic (exact) mass is 388 g/mol. The van der Waals surface area contributed by atoms with Crippen LogP contribution in [0.15, 0.2) is 48.9 Å². The molecule has 1 saturated heterocycles. The first kappa shape index (κ1) is 17.6. The summed E-state index contributed by atoms with van der Waals surface area (Å²) in [7, 11) is 0. The SMILES string of the molecule is O=C1COc2cc(C=CC(=O)N3CC4C=C(c5ccncc5)CC4C3)cnc2N1. The van der Waals surface area contributed by atoms with Gasteiger partial charge in [0, 0.05) is 37.8 Å². The van der Waals surface area contributed by atoms with Crippen molar-refractivity contribution in [1.82, 2.24) is 14.9 Å². The van der Waals surface area contributed by atoms with Gasteiger partial charge in [-0.2, -0.15) is 0 Å². The molecule has 0 bridgehead atoms. The van der Waals surface area contributed by atoms with E-state index in [2.05, 4.69) is 21.4 Å². The third kappa shape index (κ3) is 3.51. The molecule has 5 rings (SSSR count). The fraction of sp³-hybridized carbons (Fsp3) is 0.273. The molecule has 0 spiro atoms. The van der Waals surface area contributed by atoms with E-state index in [1.807, 2.05) is 29.4 Å². The second-order valence-corrected chi connectivity index (χ2v) is 7.58. The van der Waals surface area contributed by atoms with Gasteiger partial charge in [-0.1, -0.05) is 6.08 Å². The van der Waals surface area contributed by atoms with Crippen molar-refractivity contribution < 1.29 is 14.3 Å². The van der Waals surface area contributed by atoms with Crippen LogP contribution in [0, 0.1) is 11.8 Å². The molecule has 0 saturated carbocycles. The molecule has 4 heterocycles. The van der Waals surface area contributed by atoms with E-state index in [-0.39, 0.29) is 18.4 Å². The topological polar surface area (TPSA) is 84.4 Å². The predicted molar refractivity (Wildman–Crippen MR) is 108 cm³/mol. The Bertz CT molecular complexity index is 1030. The summed E-state index contributed by atoms with van der Waals surface area (Å²) in [5.74, 6) is 1.61. The maximum Gasteiger partial charge on any atom is 0.263 e. The second-order valence-electron chi connectivity index (χ2n) is 7.58. The van der Waals surface area contributed by atoms with Crippen molar-refractivity contribution in [3.8, 4) is 5.75 Å². The van der Waals surface area contributed by atoms with Crippen molar-refractivity contribution in [3.05, 3.63) is 60.1 Å². The van der Waals surface area contributed by atoms with Crippen molar-refractivity contribution in [3.63, 3.8) is 0 Å². The molecule has 2 unspecified atom stereocenters. The number of pyridine rings is 2. The standard InChI is InChI=1S/C22H20N4O3/c27-20-13-29-19-7-14(10-24-22(19)25-20)1-2-21(28)26-11-17-8-16(9-18(17)12-26)15-3-5-23-6-4-15/h1-8,10,17-18H,9,11-13H2,(H,24,25,27). The van der Waals surface area contributed by atoms with Crippen LogP contribution >= 0.6 is 0 Å². The van der Waals surface area contributed by atoms with Crippen LogP contribution in [0.25, 0.3) is 11.6 Å². The van der Waals surface area contributed by atoms with E-state index >= 15 is 0 Å². The number of anilines is 1. The Morgan fingerprint density at radius 1 is 1.28 bits per heavy atom. The van der Waals surface area contributed by atoms with Crippen LogP contribution in [0.1, 0.15) is 17.5 Å². The third-order valence-electron chi connectivity index (χ3n) is 5.66. The number of carbonyl (C=O) groups excluding carboxylic acids is 2. The zero-order valence-corrected chi connectivity index (χ0v) is 15.7. The summed E-state index contributed by atoms with van der Waals surface area (Å²) in [5, 5.41) is 2.65. The van der Waals surface area contributed by atoms with Gasteiger partial charge in [-0.25, -0.2) is 4.98 Å². The molecule has 3 aliphatic rings. The van der Waals surface area contributed by atoms with E-state index in [9.17, 15) is 9.59 Å². The molecule has 146 valence electrons. The number of nitrogens with one attached hydrogen (secondary N) is 1. The van der Waals surface area contributed by atoms with Gasteiger partial charge < -0.3 is 15.0 Å². The average molecular weight is 388 g/mol. The molecule has 1 fully saturated rings. The Hall–Kier alpha value is -3.48. The normalized spacial score (nSPS) is 22.7. The van der Waals surface area contributed by atoms with Gasteiger partial charge in [0.25, 0.3) is 5.91 Å². The number of hydrogen-bond donors (Lipinski definition) is 1. The van der Waals surface area contributed by atoms with Crippen LogP contribution in [0.3, 0.4) is 0 Å². The van der Waals surface area contributed by atoms with Gasteiger partial charge in [0.05, 0.1) is 0 Å². The molecular weight excluding hydrogens is 368 g/mol. The molecule has 1 aliphatic carbocycles. The molecule has 2 amide bonds. The van der Waals surface area contributed by atoms with E-state index in [1.165, 1.54) is 11.1 Å². The van der Waals surface area contributed by atoms with Gasteiger partial charge in [-0.15, -0.1) is 0 Å². The molecular formula is C22H20N4O3. The van der Waals surface area contributed by atoms with Crippen LogP contribution in [-0.2, 0) is 9.59 Å². The maximum atomic E-state index is 12.6. The average Bonchev–Trinajstić information content (AvgIpc) is 3.32. The van der Waals surface area contributed by atoms with Crippen LogP contribution in [0.4, 0.5) is 5.82 Å². The van der Waals surface area contributed by atoms with Gasteiger partial charge in [0.15, 0.2) is 18.2 Å². The lowest BCUT2D eigenvalue weighted by Gasteiger charge is -2.17. The lowest BCUT2D eigenvalue weighted by Crippen LogP contribution is -2.27. The van der Waals surface area contributed by atoms with Crippen LogP contribution in [-0.4, -0.2) is 46.4 Å². The molecule has 2 aromatic heterocycles. The first-order valence-corrected chi connectivity index (χ1v) is 9.66. The first-order valence-electron chi connectivity index (χ1n) is 9.66. The molecule has 7 heteroatoms. The molecule has 0 radical (unpaired) electrons. The molecule has 2 aliphatic heterocycles. The smallest absolute Gasteiger partial charge is 0.263 e. The van der Waals surface area contributed by atoms with E-state index in [0.29, 0.717) is 23.4 Å². The highest BCUT2D eigenvalue weighted by Crippen LogP contribution is 2.40. The van der Waals surface area contributed by atoms with Crippen LogP contribution in [0.2, 0.25) is 0 Å². The number of ether oxygens (including phenoxy) is 1. The summed E-state index contributed by atoms with van der Waals surface area (Å²) < 4.78 is 5.37. The number of carbonyl (C=O) groups is 2. The van der Waals surface area contributed by atoms with E-state index < -0.39 is 0 Å². The molecule has 1 N–H and O–H groups in total. The summed E-state index contributed by atoms with van der Waals surface area (Å²) in [6.45, 7) is 1.50. The number of allylic oxidation sites excluding steroid dienone is 1. The minimum atomic E-state index is -0.218. The number of amides is 2. The number of fused-ring (bicyclic) bond motifs is 2. The summed E-state index contributed by atoms with van der Waals surface area (Å²) in [6, 6.07) is 5.86. The lowest BCUT2D eigenvalue weighted by molar-refractivity contribution is -0.125. The Kier molecular flexibility index (Phi) is 4.35. The zero-order valence-electron chi connectivity index (χ0n) is 15.7. The highest BCUT2D eigenvalue weighted by molar-refractivity contribution is 5.95. The van der Waals surface area contributed by atoms with Crippen molar-refractivity contribution in [2.75, 3.05) is 25.0 Å². The third-order valence-corrected chi connectivity index (χ3v) is 5.66. The number of nitrogens with zero attached hydrogens (tertiary/aromatic N) is 3. The maximum absolute atomic E-state index is 12.6. The number of hydrogen-bond acceptors (Lipinski definition) is 5. The second kappa shape index (κ2) is 7.16. The van der Waals surface area contributed by atoms with Crippen LogP contribution in [0.5, 0.6) is 5.75 Å². The fourth-order valence-electron chi connectivity index (χ4n) is 4.21. The van der Waals surface area contributed by atoms with Crippen molar-refractivity contribution in [2.45, 2.75) is 6.42 Å². The highest BCUT2D eigenvalue weighted by atomic mass is 16.5. The van der Waals surface area contributed by atoms with E-state index in [4.69, 9.17) is 4.74 Å². The minimum Gasteiger partial charge on any atom is -0.480 e. The van der Waals surface area contributed by atoms with Crippen LogP contribution < -0.4 is 10.1 Å². The fourth-order valence-corrected chi connectivity index (χ4v) is 4.21. The number of rotatable bonds is 3. The summed E-state index contributed by atoms with van der Waals surface area (Å²) in [5.41, 5.74) is 3.34. The molecule has 0 aromatic carbocycles. The van der Waals surface area contributed by atoms with Crippen molar-refractivity contribution in [2.24, 2.45) is 11.8 Å². The van der Waals surface area contributed by atoms with Gasteiger partial charge in [-0.05, 0) is 59.2 Å². The Morgan fingerprint density at radius 2 is 2.14 bits per heavy atom. The van der Waals surface area contributed by atoms with Gasteiger partial charge in [-0.3, -0.25) is 14.6 Å². The largest absolute Gasteiger partial charge is 0.480 e. The minimum absolute atomic E-state index is 0.00482. The summed E-state index contributed by atoms with van der Waals surface area (Å²) >= 11 is 0. The van der Waals surface area contributed by atoms with Gasteiger partial charge in [0.1, 0.15) is 0 Å². The number of likely N-dealkylation sites (tertiary alicyclic amines) is 1. The van der Waals surface area contributed by atoms with Gasteiger partial charge in [0.2, 0.25) is 5.91 Å². The predicted octanol–water partition coefficient (Wildman–Crippen LogP) is 2.38. The quantitative estimate of drug-likeness (QED) is 0.816. The Morgan fingerprint density at radius 3 is 2.97 bits per heavy atom. The van der Waals surface area contributed by atoms with Gasteiger partial charge >= 0.3 is 0 Å². The van der Waals surface area contributed by atoms with Crippen molar-refractivity contribution in [1.29, 1.82) is 0 Å². The highest BCUT2D eigenvalue weighted by Gasteiger charge is 2.37. The molecule has 7 nitrogen and oxygen atoms in total. The van der Waals surface area contributed by atoms with E-state index in [0.717, 1.165) is 25.1 Å². The first-order chi connectivity index (χ1) is 14.2. The Balaban J connectivity index is 1.23.